The zero-order chi connectivity index (χ0) is 18.1. The Morgan fingerprint density at radius 1 is 1.15 bits per heavy atom. The first-order chi connectivity index (χ1) is 12.7. The first-order valence-electron chi connectivity index (χ1n) is 9.05. The second-order valence-corrected chi connectivity index (χ2v) is 7.86. The molecule has 0 radical (unpaired) electrons. The van der Waals surface area contributed by atoms with Gasteiger partial charge in [0, 0.05) is 29.7 Å². The van der Waals surface area contributed by atoms with Crippen molar-refractivity contribution in [2.75, 3.05) is 25.9 Å². The Balaban J connectivity index is 1.59. The van der Waals surface area contributed by atoms with Crippen LogP contribution in [0.25, 0.3) is 5.69 Å². The molecule has 3 aliphatic rings. The lowest BCUT2D eigenvalue weighted by atomic mass is 9.84. The maximum Gasteiger partial charge on any atom is 0.255 e. The third-order valence-corrected chi connectivity index (χ3v) is 6.28. The number of hydrogen-bond acceptors (Lipinski definition) is 4. The van der Waals surface area contributed by atoms with Gasteiger partial charge in [-0.3, -0.25) is 14.2 Å². The van der Waals surface area contributed by atoms with Gasteiger partial charge in [0.1, 0.15) is 0 Å². The molecule has 1 amide bonds. The predicted octanol–water partition coefficient (Wildman–Crippen LogP) is 2.38. The van der Waals surface area contributed by atoms with Crippen molar-refractivity contribution in [3.05, 3.63) is 58.5 Å². The van der Waals surface area contributed by atoms with Gasteiger partial charge in [-0.1, -0.05) is 12.1 Å². The molecule has 0 unspecified atom stereocenters. The number of para-hydroxylation sites is 1. The van der Waals surface area contributed by atoms with Gasteiger partial charge >= 0.3 is 0 Å². The van der Waals surface area contributed by atoms with Crippen molar-refractivity contribution in [3.63, 3.8) is 0 Å². The topological polar surface area (TPSA) is 54.3 Å². The van der Waals surface area contributed by atoms with Crippen LogP contribution in [-0.2, 0) is 0 Å². The average Bonchev–Trinajstić information content (AvgIpc) is 2.69. The van der Waals surface area contributed by atoms with Crippen LogP contribution in [-0.4, -0.2) is 47.3 Å². The van der Waals surface area contributed by atoms with Crippen molar-refractivity contribution < 1.29 is 4.79 Å². The van der Waals surface area contributed by atoms with Gasteiger partial charge in [0.25, 0.3) is 11.5 Å². The Hall–Kier alpha value is -2.05. The SMILES string of the molecule is CSc1ccccc1-n1cc(C(=O)N[C@@H]2CN3CCC2CC3)ccc1=O. The highest BCUT2D eigenvalue weighted by Gasteiger charge is 2.35. The number of hydrogen-bond donors (Lipinski definition) is 1. The molecular formula is C20H23N3O2S. The lowest BCUT2D eigenvalue weighted by Gasteiger charge is -2.44. The molecule has 3 aliphatic heterocycles. The van der Waals surface area contributed by atoms with E-state index in [4.69, 9.17) is 0 Å². The molecule has 2 aromatic rings. The molecule has 1 aromatic carbocycles. The Bertz CT molecular complexity index is 871. The highest BCUT2D eigenvalue weighted by Crippen LogP contribution is 2.27. The number of nitrogens with one attached hydrogen (secondary N) is 1. The number of nitrogens with zero attached hydrogens (tertiary/aromatic N) is 2. The first-order valence-corrected chi connectivity index (χ1v) is 10.3. The van der Waals surface area contributed by atoms with Crippen LogP contribution in [0.15, 0.2) is 52.3 Å². The number of aromatic nitrogens is 1. The summed E-state index contributed by atoms with van der Waals surface area (Å²) >= 11 is 1.58. The van der Waals surface area contributed by atoms with E-state index in [2.05, 4.69) is 10.2 Å². The van der Waals surface area contributed by atoms with Gasteiger partial charge in [-0.2, -0.15) is 0 Å². The Morgan fingerprint density at radius 3 is 2.62 bits per heavy atom. The number of benzene rings is 1. The summed E-state index contributed by atoms with van der Waals surface area (Å²) in [6.45, 7) is 3.23. The number of piperidine rings is 3. The molecule has 2 bridgehead atoms. The molecule has 1 atom stereocenters. The van der Waals surface area contributed by atoms with E-state index in [1.54, 1.807) is 28.6 Å². The molecule has 3 saturated heterocycles. The lowest BCUT2D eigenvalue weighted by Crippen LogP contribution is -2.57. The smallest absolute Gasteiger partial charge is 0.255 e. The summed E-state index contributed by atoms with van der Waals surface area (Å²) in [5.74, 6) is 0.478. The lowest BCUT2D eigenvalue weighted by molar-refractivity contribution is 0.0620. The van der Waals surface area contributed by atoms with E-state index in [0.717, 1.165) is 43.1 Å². The van der Waals surface area contributed by atoms with E-state index in [-0.39, 0.29) is 17.5 Å². The number of carbonyl (C=O) groups excluding carboxylic acids is 1. The van der Waals surface area contributed by atoms with Crippen molar-refractivity contribution >= 4 is 17.7 Å². The summed E-state index contributed by atoms with van der Waals surface area (Å²) in [5, 5.41) is 3.19. The van der Waals surface area contributed by atoms with Crippen LogP contribution >= 0.6 is 11.8 Å². The highest BCUT2D eigenvalue weighted by molar-refractivity contribution is 7.98. The Kier molecular flexibility index (Phi) is 4.87. The number of carbonyl (C=O) groups is 1. The van der Waals surface area contributed by atoms with Crippen LogP contribution in [0.3, 0.4) is 0 Å². The Morgan fingerprint density at radius 2 is 1.92 bits per heavy atom. The number of fused-ring (bicyclic) bond motifs is 3. The molecule has 6 heteroatoms. The number of pyridine rings is 1. The van der Waals surface area contributed by atoms with Crippen LogP contribution in [0.4, 0.5) is 0 Å². The maximum absolute atomic E-state index is 12.8. The van der Waals surface area contributed by atoms with Gasteiger partial charge in [0.2, 0.25) is 0 Å². The van der Waals surface area contributed by atoms with Crippen LogP contribution in [0, 0.1) is 5.92 Å². The molecule has 0 aliphatic carbocycles. The van der Waals surface area contributed by atoms with E-state index in [0.29, 0.717) is 11.5 Å². The zero-order valence-electron chi connectivity index (χ0n) is 14.9. The van der Waals surface area contributed by atoms with Crippen LogP contribution < -0.4 is 10.9 Å². The predicted molar refractivity (Wildman–Crippen MR) is 104 cm³/mol. The standard InChI is InChI=1S/C20H23N3O2S/c1-26-18-5-3-2-4-17(18)23-12-15(6-7-19(23)24)20(25)21-16-13-22-10-8-14(16)9-11-22/h2-7,12,14,16H,8-11,13H2,1H3,(H,21,25)/t16-/m1/s1. The minimum Gasteiger partial charge on any atom is -0.348 e. The van der Waals surface area contributed by atoms with Crippen molar-refractivity contribution in [3.8, 4) is 5.69 Å². The Labute approximate surface area is 157 Å². The normalized spacial score (nSPS) is 24.4. The molecule has 26 heavy (non-hydrogen) atoms. The van der Waals surface area contributed by atoms with Crippen molar-refractivity contribution in [1.82, 2.24) is 14.8 Å². The summed E-state index contributed by atoms with van der Waals surface area (Å²) in [6, 6.07) is 11.0. The first kappa shape index (κ1) is 17.4. The second-order valence-electron chi connectivity index (χ2n) is 7.02. The molecule has 136 valence electrons. The highest BCUT2D eigenvalue weighted by atomic mass is 32.2. The second kappa shape index (κ2) is 7.29. The van der Waals surface area contributed by atoms with Crippen molar-refractivity contribution in [2.45, 2.75) is 23.8 Å². The van der Waals surface area contributed by atoms with Crippen LogP contribution in [0.5, 0.6) is 0 Å². The summed E-state index contributed by atoms with van der Waals surface area (Å²) in [4.78, 5) is 28.6. The fourth-order valence-electron chi connectivity index (χ4n) is 4.02. The van der Waals surface area contributed by atoms with Gasteiger partial charge in [-0.25, -0.2) is 0 Å². The van der Waals surface area contributed by atoms with Crippen molar-refractivity contribution in [1.29, 1.82) is 0 Å². The third kappa shape index (κ3) is 3.31. The zero-order valence-corrected chi connectivity index (χ0v) is 15.7. The van der Waals surface area contributed by atoms with Gasteiger partial charge in [-0.15, -0.1) is 11.8 Å². The van der Waals surface area contributed by atoms with Gasteiger partial charge < -0.3 is 10.2 Å². The van der Waals surface area contributed by atoms with Gasteiger partial charge in [0.05, 0.1) is 11.3 Å². The molecule has 1 aromatic heterocycles. The molecule has 0 saturated carbocycles. The molecule has 3 fully saturated rings. The fourth-order valence-corrected chi connectivity index (χ4v) is 4.61. The molecule has 5 nitrogen and oxygen atoms in total. The van der Waals surface area contributed by atoms with Gasteiger partial charge in [0.15, 0.2) is 0 Å². The monoisotopic (exact) mass is 369 g/mol. The molecular weight excluding hydrogens is 346 g/mol. The number of rotatable bonds is 4. The maximum atomic E-state index is 12.8. The molecule has 1 N–H and O–H groups in total. The molecule has 5 rings (SSSR count). The summed E-state index contributed by atoms with van der Waals surface area (Å²) in [5.41, 5.74) is 1.20. The average molecular weight is 369 g/mol. The van der Waals surface area contributed by atoms with E-state index in [1.165, 1.54) is 6.07 Å². The summed E-state index contributed by atoms with van der Waals surface area (Å²) in [7, 11) is 0. The van der Waals surface area contributed by atoms with Crippen LogP contribution in [0.2, 0.25) is 0 Å². The van der Waals surface area contributed by atoms with E-state index in [1.807, 2.05) is 30.5 Å². The minimum atomic E-state index is -0.133. The summed E-state index contributed by atoms with van der Waals surface area (Å²) < 4.78 is 1.57. The van der Waals surface area contributed by atoms with E-state index >= 15 is 0 Å². The summed E-state index contributed by atoms with van der Waals surface area (Å²) in [6.07, 6.45) is 5.96. The molecule has 4 heterocycles. The van der Waals surface area contributed by atoms with Crippen LogP contribution in [0.1, 0.15) is 23.2 Å². The van der Waals surface area contributed by atoms with Gasteiger partial charge in [-0.05, 0) is 56.3 Å². The van der Waals surface area contributed by atoms with E-state index in [9.17, 15) is 9.59 Å². The third-order valence-electron chi connectivity index (χ3n) is 5.49. The quantitative estimate of drug-likeness (QED) is 0.841. The van der Waals surface area contributed by atoms with Crippen molar-refractivity contribution in [2.24, 2.45) is 5.92 Å². The number of thioether (sulfide) groups is 1. The molecule has 0 spiro atoms. The largest absolute Gasteiger partial charge is 0.348 e. The minimum absolute atomic E-state index is 0.0980. The van der Waals surface area contributed by atoms with E-state index < -0.39 is 0 Å². The number of amides is 1. The fraction of sp³-hybridized carbons (Fsp3) is 0.400.